The number of hydrogen-bond donors (Lipinski definition) is 1. The number of carbonyl (C=O) groups is 1. The van der Waals surface area contributed by atoms with Crippen molar-refractivity contribution in [2.75, 3.05) is 11.1 Å². The van der Waals surface area contributed by atoms with E-state index in [1.165, 1.54) is 40.8 Å². The van der Waals surface area contributed by atoms with Crippen LogP contribution in [0.1, 0.15) is 31.7 Å². The van der Waals surface area contributed by atoms with Gasteiger partial charge in [-0.15, -0.1) is 11.3 Å². The van der Waals surface area contributed by atoms with E-state index in [2.05, 4.69) is 24.1 Å². The van der Waals surface area contributed by atoms with E-state index in [1.807, 2.05) is 24.3 Å². The fourth-order valence-electron chi connectivity index (χ4n) is 2.52. The van der Waals surface area contributed by atoms with Crippen molar-refractivity contribution in [3.8, 4) is 0 Å². The normalized spacial score (nSPS) is 12.1. The van der Waals surface area contributed by atoms with Gasteiger partial charge in [0.25, 0.3) is 5.69 Å². The molecular formula is C19H19N3O3S2. The van der Waals surface area contributed by atoms with Crippen LogP contribution < -0.4 is 5.32 Å². The summed E-state index contributed by atoms with van der Waals surface area (Å²) in [5.41, 5.74) is 2.77. The smallest absolute Gasteiger partial charge is 0.270 e. The van der Waals surface area contributed by atoms with Crippen LogP contribution in [0, 0.1) is 10.1 Å². The summed E-state index contributed by atoms with van der Waals surface area (Å²) < 4.78 is 1.46. The molecule has 140 valence electrons. The van der Waals surface area contributed by atoms with Crippen molar-refractivity contribution in [1.29, 1.82) is 0 Å². The van der Waals surface area contributed by atoms with Gasteiger partial charge >= 0.3 is 0 Å². The molecule has 0 aliphatic carbocycles. The lowest BCUT2D eigenvalue weighted by Gasteiger charge is -2.10. The highest BCUT2D eigenvalue weighted by molar-refractivity contribution is 8.01. The van der Waals surface area contributed by atoms with Crippen LogP contribution in [-0.4, -0.2) is 21.6 Å². The predicted octanol–water partition coefficient (Wildman–Crippen LogP) is 5.45. The summed E-state index contributed by atoms with van der Waals surface area (Å²) in [6, 6.07) is 12.5. The van der Waals surface area contributed by atoms with Gasteiger partial charge in [0.15, 0.2) is 4.34 Å². The van der Waals surface area contributed by atoms with Crippen LogP contribution in [-0.2, 0) is 4.79 Å². The summed E-state index contributed by atoms with van der Waals surface area (Å²) in [4.78, 5) is 27.0. The van der Waals surface area contributed by atoms with Crippen LogP contribution in [0.4, 0.5) is 11.4 Å². The number of nitrogens with one attached hydrogen (secondary N) is 1. The van der Waals surface area contributed by atoms with Crippen molar-refractivity contribution in [2.45, 2.75) is 30.5 Å². The van der Waals surface area contributed by atoms with E-state index in [-0.39, 0.29) is 17.3 Å². The highest BCUT2D eigenvalue weighted by atomic mass is 32.2. The first kappa shape index (κ1) is 19.3. The first-order valence-electron chi connectivity index (χ1n) is 8.54. The number of non-ortho nitro benzene ring substituents is 1. The van der Waals surface area contributed by atoms with Crippen LogP contribution >= 0.6 is 23.1 Å². The Morgan fingerprint density at radius 3 is 2.70 bits per heavy atom. The second-order valence-corrected chi connectivity index (χ2v) is 8.41. The molecule has 0 saturated heterocycles. The van der Waals surface area contributed by atoms with E-state index in [0.717, 1.165) is 16.8 Å². The summed E-state index contributed by atoms with van der Waals surface area (Å²) in [5, 5.41) is 13.7. The topological polar surface area (TPSA) is 85.1 Å². The summed E-state index contributed by atoms with van der Waals surface area (Å²) in [7, 11) is 0. The minimum Gasteiger partial charge on any atom is -0.325 e. The van der Waals surface area contributed by atoms with Crippen LogP contribution in [0.5, 0.6) is 0 Å². The van der Waals surface area contributed by atoms with Gasteiger partial charge in [0.1, 0.15) is 0 Å². The van der Waals surface area contributed by atoms with Gasteiger partial charge in [0, 0.05) is 17.8 Å². The molecule has 0 aliphatic heterocycles. The van der Waals surface area contributed by atoms with E-state index < -0.39 is 4.92 Å². The standard InChI is InChI=1S/C19H19N3O3S2/c1-3-12(2)13-4-6-14(7-5-13)20-18(23)11-26-19-21-16-9-8-15(22(24)25)10-17(16)27-19/h4-10,12H,3,11H2,1-2H3,(H,20,23)/t12-/m1/s1. The number of hydrogen-bond acceptors (Lipinski definition) is 6. The van der Waals surface area contributed by atoms with Crippen molar-refractivity contribution >= 4 is 50.6 Å². The molecule has 1 N–H and O–H groups in total. The zero-order valence-electron chi connectivity index (χ0n) is 15.0. The highest BCUT2D eigenvalue weighted by Crippen LogP contribution is 2.31. The predicted molar refractivity (Wildman–Crippen MR) is 111 cm³/mol. The molecule has 0 unspecified atom stereocenters. The number of fused-ring (bicyclic) bond motifs is 1. The number of anilines is 1. The van der Waals surface area contributed by atoms with Crippen LogP contribution in [0.2, 0.25) is 0 Å². The first-order valence-corrected chi connectivity index (χ1v) is 10.3. The van der Waals surface area contributed by atoms with Gasteiger partial charge in [-0.1, -0.05) is 37.7 Å². The van der Waals surface area contributed by atoms with Crippen LogP contribution in [0.3, 0.4) is 0 Å². The van der Waals surface area contributed by atoms with Crippen LogP contribution in [0.15, 0.2) is 46.8 Å². The van der Waals surface area contributed by atoms with Gasteiger partial charge in [-0.3, -0.25) is 14.9 Å². The second-order valence-electron chi connectivity index (χ2n) is 6.16. The molecule has 0 bridgehead atoms. The minimum absolute atomic E-state index is 0.0429. The summed E-state index contributed by atoms with van der Waals surface area (Å²) >= 11 is 2.68. The number of nitro benzene ring substituents is 1. The van der Waals surface area contributed by atoms with E-state index >= 15 is 0 Å². The lowest BCUT2D eigenvalue weighted by Crippen LogP contribution is -2.13. The van der Waals surface area contributed by atoms with E-state index in [0.29, 0.717) is 15.8 Å². The third kappa shape index (κ3) is 4.84. The minimum atomic E-state index is -0.425. The number of aromatic nitrogens is 1. The molecule has 0 spiro atoms. The number of nitro groups is 1. The molecule has 0 aliphatic rings. The number of carbonyl (C=O) groups excluding carboxylic acids is 1. The molecule has 0 saturated carbocycles. The highest BCUT2D eigenvalue weighted by Gasteiger charge is 2.12. The number of benzene rings is 2. The number of thioether (sulfide) groups is 1. The largest absolute Gasteiger partial charge is 0.325 e. The Morgan fingerprint density at radius 1 is 1.30 bits per heavy atom. The second kappa shape index (κ2) is 8.49. The molecule has 0 radical (unpaired) electrons. The zero-order chi connectivity index (χ0) is 19.4. The van der Waals surface area contributed by atoms with Crippen LogP contribution in [0.25, 0.3) is 10.2 Å². The Morgan fingerprint density at radius 2 is 2.04 bits per heavy atom. The summed E-state index contributed by atoms with van der Waals surface area (Å²) in [6.07, 6.45) is 1.08. The molecule has 1 aromatic heterocycles. The molecule has 6 nitrogen and oxygen atoms in total. The monoisotopic (exact) mass is 401 g/mol. The van der Waals surface area contributed by atoms with Gasteiger partial charge in [-0.05, 0) is 36.1 Å². The molecule has 1 amide bonds. The number of rotatable bonds is 7. The lowest BCUT2D eigenvalue weighted by molar-refractivity contribution is -0.384. The lowest BCUT2D eigenvalue weighted by atomic mass is 9.99. The molecule has 1 atom stereocenters. The first-order chi connectivity index (χ1) is 13.0. The quantitative estimate of drug-likeness (QED) is 0.323. The average Bonchev–Trinajstić information content (AvgIpc) is 3.08. The van der Waals surface area contributed by atoms with Gasteiger partial charge in [-0.25, -0.2) is 4.98 Å². The molecule has 0 fully saturated rings. The van der Waals surface area contributed by atoms with Crippen molar-refractivity contribution in [3.63, 3.8) is 0 Å². The molecule has 3 aromatic rings. The van der Waals surface area contributed by atoms with E-state index in [4.69, 9.17) is 0 Å². The third-order valence-corrected chi connectivity index (χ3v) is 6.43. The Hall–Kier alpha value is -2.45. The van der Waals surface area contributed by atoms with Gasteiger partial charge < -0.3 is 5.32 Å². The maximum atomic E-state index is 12.2. The van der Waals surface area contributed by atoms with E-state index in [9.17, 15) is 14.9 Å². The Labute approximate surface area is 165 Å². The van der Waals surface area contributed by atoms with Gasteiger partial charge in [0.2, 0.25) is 5.91 Å². The third-order valence-electron chi connectivity index (χ3n) is 4.27. The molecule has 27 heavy (non-hydrogen) atoms. The Balaban J connectivity index is 1.58. The molecular weight excluding hydrogens is 382 g/mol. The number of thiazole rings is 1. The SMILES string of the molecule is CC[C@@H](C)c1ccc(NC(=O)CSc2nc3ccc([N+](=O)[O-])cc3s2)cc1. The number of amides is 1. The zero-order valence-corrected chi connectivity index (χ0v) is 16.6. The summed E-state index contributed by atoms with van der Waals surface area (Å²) in [5.74, 6) is 0.622. The fourth-order valence-corrected chi connectivity index (χ4v) is 4.42. The molecule has 8 heteroatoms. The maximum Gasteiger partial charge on any atom is 0.270 e. The average molecular weight is 402 g/mol. The van der Waals surface area contributed by atoms with Crippen molar-refractivity contribution in [1.82, 2.24) is 4.98 Å². The van der Waals surface area contributed by atoms with Crippen molar-refractivity contribution < 1.29 is 9.72 Å². The van der Waals surface area contributed by atoms with Gasteiger partial charge in [-0.2, -0.15) is 0 Å². The fraction of sp³-hybridized carbons (Fsp3) is 0.263. The Kier molecular flexibility index (Phi) is 6.08. The van der Waals surface area contributed by atoms with Crippen molar-refractivity contribution in [3.05, 3.63) is 58.1 Å². The molecule has 1 heterocycles. The molecule has 2 aromatic carbocycles. The summed E-state index contributed by atoms with van der Waals surface area (Å²) in [6.45, 7) is 4.33. The van der Waals surface area contributed by atoms with Crippen molar-refractivity contribution in [2.24, 2.45) is 0 Å². The van der Waals surface area contributed by atoms with Gasteiger partial charge in [0.05, 0.1) is 20.9 Å². The Bertz CT molecular complexity index is 970. The molecule has 3 rings (SSSR count). The maximum absolute atomic E-state index is 12.2. The number of nitrogens with zero attached hydrogens (tertiary/aromatic N) is 2. The van der Waals surface area contributed by atoms with E-state index in [1.54, 1.807) is 6.07 Å².